The molecule has 0 aliphatic heterocycles. The van der Waals surface area contributed by atoms with Gasteiger partial charge in [-0.3, -0.25) is 0 Å². The highest BCUT2D eigenvalue weighted by Gasteiger charge is 2.44. The van der Waals surface area contributed by atoms with Crippen LogP contribution in [0.1, 0.15) is 50.7 Å². The molecule has 1 saturated carbocycles. The van der Waals surface area contributed by atoms with Gasteiger partial charge in [0.1, 0.15) is 0 Å². The maximum absolute atomic E-state index is 4.04. The van der Waals surface area contributed by atoms with Crippen molar-refractivity contribution in [2.75, 3.05) is 0 Å². The average molecular weight is 252 g/mol. The molecule has 0 aromatic heterocycles. The number of rotatable bonds is 2. The summed E-state index contributed by atoms with van der Waals surface area (Å²) in [5.41, 5.74) is 5.84. The van der Waals surface area contributed by atoms with Crippen LogP contribution in [0, 0.1) is 0 Å². The van der Waals surface area contributed by atoms with E-state index in [1.54, 1.807) is 0 Å². The molecule has 2 aliphatic rings. The van der Waals surface area contributed by atoms with Gasteiger partial charge >= 0.3 is 0 Å². The first kappa shape index (κ1) is 13.9. The molecule has 1 spiro atoms. The number of hydrogen-bond donors (Lipinski definition) is 0. The van der Waals surface area contributed by atoms with Crippen molar-refractivity contribution in [2.24, 2.45) is 0 Å². The Kier molecular flexibility index (Phi) is 4.09. The van der Waals surface area contributed by atoms with E-state index >= 15 is 0 Å². The SMILES string of the molecule is C=CC1=C(C=C)C2(CCCC2)c2ccccc21.CC. The van der Waals surface area contributed by atoms with Gasteiger partial charge in [-0.25, -0.2) is 0 Å². The quantitative estimate of drug-likeness (QED) is 0.636. The van der Waals surface area contributed by atoms with Gasteiger partial charge in [-0.1, -0.05) is 76.3 Å². The van der Waals surface area contributed by atoms with Crippen molar-refractivity contribution in [1.29, 1.82) is 0 Å². The molecule has 0 N–H and O–H groups in total. The van der Waals surface area contributed by atoms with Gasteiger partial charge in [0, 0.05) is 5.41 Å². The highest BCUT2D eigenvalue weighted by molar-refractivity contribution is 5.87. The second kappa shape index (κ2) is 5.61. The Bertz CT molecular complexity index is 511. The van der Waals surface area contributed by atoms with E-state index in [2.05, 4.69) is 43.5 Å². The van der Waals surface area contributed by atoms with Crippen molar-refractivity contribution in [1.82, 2.24) is 0 Å². The summed E-state index contributed by atoms with van der Waals surface area (Å²) < 4.78 is 0. The summed E-state index contributed by atoms with van der Waals surface area (Å²) in [6.45, 7) is 12.0. The van der Waals surface area contributed by atoms with Gasteiger partial charge in [-0.2, -0.15) is 0 Å². The van der Waals surface area contributed by atoms with Crippen LogP contribution in [0.25, 0.3) is 5.57 Å². The van der Waals surface area contributed by atoms with Crippen LogP contribution in [0.15, 0.2) is 55.1 Å². The highest BCUT2D eigenvalue weighted by Crippen LogP contribution is 2.55. The second-order valence-electron chi connectivity index (χ2n) is 5.07. The molecule has 2 aliphatic carbocycles. The minimum absolute atomic E-state index is 0.252. The van der Waals surface area contributed by atoms with Crippen molar-refractivity contribution >= 4 is 5.57 Å². The van der Waals surface area contributed by atoms with Crippen LogP contribution >= 0.6 is 0 Å². The van der Waals surface area contributed by atoms with E-state index in [0.29, 0.717) is 0 Å². The topological polar surface area (TPSA) is 0 Å². The fourth-order valence-corrected chi connectivity index (χ4v) is 3.73. The average Bonchev–Trinajstić information content (AvgIpc) is 3.06. The Balaban J connectivity index is 0.000000637. The number of fused-ring (bicyclic) bond motifs is 2. The summed E-state index contributed by atoms with van der Waals surface area (Å²) in [4.78, 5) is 0. The first-order chi connectivity index (χ1) is 9.33. The van der Waals surface area contributed by atoms with Gasteiger partial charge in [0.05, 0.1) is 0 Å². The van der Waals surface area contributed by atoms with E-state index in [-0.39, 0.29) is 5.41 Å². The Labute approximate surface area is 117 Å². The predicted octanol–water partition coefficient (Wildman–Crippen LogP) is 5.66. The van der Waals surface area contributed by atoms with Gasteiger partial charge < -0.3 is 0 Å². The number of allylic oxidation sites excluding steroid dienone is 4. The van der Waals surface area contributed by atoms with Gasteiger partial charge in [-0.15, -0.1) is 0 Å². The fraction of sp³-hybridized carbons (Fsp3) is 0.368. The molecule has 0 saturated heterocycles. The molecular weight excluding hydrogens is 228 g/mol. The summed E-state index contributed by atoms with van der Waals surface area (Å²) >= 11 is 0. The van der Waals surface area contributed by atoms with E-state index in [1.807, 2.05) is 19.9 Å². The molecule has 3 rings (SSSR count). The lowest BCUT2D eigenvalue weighted by Gasteiger charge is -2.27. The third kappa shape index (κ3) is 1.90. The van der Waals surface area contributed by atoms with Crippen molar-refractivity contribution in [3.63, 3.8) is 0 Å². The van der Waals surface area contributed by atoms with E-state index in [1.165, 1.54) is 48.0 Å². The third-order valence-corrected chi connectivity index (χ3v) is 4.40. The Morgan fingerprint density at radius 3 is 2.21 bits per heavy atom. The van der Waals surface area contributed by atoms with Crippen LogP contribution in [0.3, 0.4) is 0 Å². The van der Waals surface area contributed by atoms with Gasteiger partial charge in [-0.05, 0) is 35.1 Å². The van der Waals surface area contributed by atoms with Crippen molar-refractivity contribution in [3.05, 3.63) is 66.3 Å². The van der Waals surface area contributed by atoms with Crippen LogP contribution in [-0.2, 0) is 5.41 Å². The lowest BCUT2D eigenvalue weighted by atomic mass is 9.76. The second-order valence-corrected chi connectivity index (χ2v) is 5.07. The largest absolute Gasteiger partial charge is 0.0987 e. The van der Waals surface area contributed by atoms with E-state index in [9.17, 15) is 0 Å². The highest BCUT2D eigenvalue weighted by atomic mass is 14.5. The van der Waals surface area contributed by atoms with E-state index in [0.717, 1.165) is 0 Å². The number of benzene rings is 1. The zero-order valence-corrected chi connectivity index (χ0v) is 12.2. The minimum atomic E-state index is 0.252. The van der Waals surface area contributed by atoms with Gasteiger partial charge in [0.15, 0.2) is 0 Å². The van der Waals surface area contributed by atoms with Crippen LogP contribution in [0.5, 0.6) is 0 Å². The Morgan fingerprint density at radius 2 is 1.63 bits per heavy atom. The third-order valence-electron chi connectivity index (χ3n) is 4.40. The molecule has 1 aromatic rings. The molecule has 1 aromatic carbocycles. The van der Waals surface area contributed by atoms with Crippen molar-refractivity contribution in [3.8, 4) is 0 Å². The molecule has 1 fully saturated rings. The van der Waals surface area contributed by atoms with Crippen LogP contribution in [-0.4, -0.2) is 0 Å². The molecular formula is C19H24. The Morgan fingerprint density at radius 1 is 1.00 bits per heavy atom. The molecule has 0 radical (unpaired) electrons. The maximum Gasteiger partial charge on any atom is 0.0215 e. The maximum atomic E-state index is 4.04. The zero-order chi connectivity index (χ0) is 13.9. The van der Waals surface area contributed by atoms with E-state index in [4.69, 9.17) is 0 Å². The van der Waals surface area contributed by atoms with Crippen molar-refractivity contribution in [2.45, 2.75) is 44.9 Å². The molecule has 0 heterocycles. The molecule has 0 bridgehead atoms. The summed E-state index contributed by atoms with van der Waals surface area (Å²) in [6.07, 6.45) is 9.25. The molecule has 0 nitrogen and oxygen atoms in total. The van der Waals surface area contributed by atoms with Crippen LogP contribution < -0.4 is 0 Å². The minimum Gasteiger partial charge on any atom is -0.0987 e. The molecule has 0 heteroatoms. The van der Waals surface area contributed by atoms with Crippen LogP contribution in [0.4, 0.5) is 0 Å². The van der Waals surface area contributed by atoms with Crippen molar-refractivity contribution < 1.29 is 0 Å². The lowest BCUT2D eigenvalue weighted by Crippen LogP contribution is -2.21. The normalized spacial score (nSPS) is 18.8. The smallest absolute Gasteiger partial charge is 0.0215 e. The predicted molar refractivity (Wildman–Crippen MR) is 85.3 cm³/mol. The molecule has 0 unspecified atom stereocenters. The van der Waals surface area contributed by atoms with Crippen LogP contribution in [0.2, 0.25) is 0 Å². The fourth-order valence-electron chi connectivity index (χ4n) is 3.73. The van der Waals surface area contributed by atoms with Gasteiger partial charge in [0.2, 0.25) is 0 Å². The lowest BCUT2D eigenvalue weighted by molar-refractivity contribution is 0.545. The number of hydrogen-bond acceptors (Lipinski definition) is 0. The first-order valence-electron chi connectivity index (χ1n) is 7.43. The molecule has 0 atom stereocenters. The first-order valence-corrected chi connectivity index (χ1v) is 7.43. The monoisotopic (exact) mass is 252 g/mol. The Hall–Kier alpha value is -1.56. The molecule has 19 heavy (non-hydrogen) atoms. The molecule has 0 amide bonds. The zero-order valence-electron chi connectivity index (χ0n) is 12.2. The van der Waals surface area contributed by atoms with E-state index < -0.39 is 0 Å². The summed E-state index contributed by atoms with van der Waals surface area (Å²) in [5.74, 6) is 0. The summed E-state index contributed by atoms with van der Waals surface area (Å²) in [7, 11) is 0. The molecule has 100 valence electrons. The standard InChI is InChI=1S/C17H18.C2H6/c1-3-13-14-9-5-6-10-16(14)17(15(13)4-2)11-7-8-12-17;1-2/h3-6,9-10H,1-2,7-8,11-12H2;1-2H3. The summed E-state index contributed by atoms with van der Waals surface area (Å²) in [6, 6.07) is 8.80. The van der Waals surface area contributed by atoms with Gasteiger partial charge in [0.25, 0.3) is 0 Å². The summed E-state index contributed by atoms with van der Waals surface area (Å²) in [5, 5.41) is 0.